The van der Waals surface area contributed by atoms with Crippen molar-refractivity contribution in [1.29, 1.82) is 0 Å². The van der Waals surface area contributed by atoms with Gasteiger partial charge in [0.2, 0.25) is 0 Å². The van der Waals surface area contributed by atoms with Gasteiger partial charge in [0, 0.05) is 17.9 Å². The van der Waals surface area contributed by atoms with Crippen molar-refractivity contribution in [1.82, 2.24) is 9.55 Å². The SMILES string of the molecule is CC(C)(C)n1ccnc1C(N)=O. The molecule has 4 nitrogen and oxygen atoms in total. The van der Waals surface area contributed by atoms with Gasteiger partial charge in [-0.05, 0) is 20.8 Å². The molecule has 0 aliphatic carbocycles. The standard InChI is InChI=1S/C8H13N3O/c1-8(2,3)11-5-4-10-7(11)6(9)12/h4-5H,1-3H3,(H2,9,12). The van der Waals surface area contributed by atoms with Crippen molar-refractivity contribution in [2.75, 3.05) is 0 Å². The topological polar surface area (TPSA) is 60.9 Å². The maximum atomic E-state index is 10.9. The molecule has 0 saturated heterocycles. The summed E-state index contributed by atoms with van der Waals surface area (Å²) in [4.78, 5) is 14.7. The highest BCUT2D eigenvalue weighted by atomic mass is 16.1. The quantitative estimate of drug-likeness (QED) is 0.670. The first-order valence-corrected chi connectivity index (χ1v) is 3.76. The molecule has 1 amide bonds. The van der Waals surface area contributed by atoms with Crippen molar-refractivity contribution in [3.8, 4) is 0 Å². The maximum Gasteiger partial charge on any atom is 0.284 e. The normalized spacial score (nSPS) is 11.6. The average molecular weight is 167 g/mol. The van der Waals surface area contributed by atoms with Crippen LogP contribution >= 0.6 is 0 Å². The van der Waals surface area contributed by atoms with E-state index in [2.05, 4.69) is 4.98 Å². The Labute approximate surface area is 71.4 Å². The lowest BCUT2D eigenvalue weighted by molar-refractivity contribution is 0.0980. The zero-order chi connectivity index (χ0) is 9.35. The Morgan fingerprint density at radius 2 is 2.17 bits per heavy atom. The van der Waals surface area contributed by atoms with Gasteiger partial charge in [-0.15, -0.1) is 0 Å². The molecule has 0 aliphatic heterocycles. The fraction of sp³-hybridized carbons (Fsp3) is 0.500. The second-order valence-electron chi connectivity index (χ2n) is 3.66. The molecule has 1 rings (SSSR count). The molecule has 1 aromatic rings. The number of aromatic nitrogens is 2. The first kappa shape index (κ1) is 8.77. The first-order chi connectivity index (χ1) is 5.43. The molecule has 0 unspecified atom stereocenters. The predicted molar refractivity (Wildman–Crippen MR) is 45.7 cm³/mol. The molecule has 4 heteroatoms. The maximum absolute atomic E-state index is 10.9. The Balaban J connectivity index is 3.17. The van der Waals surface area contributed by atoms with E-state index in [4.69, 9.17) is 5.73 Å². The highest BCUT2D eigenvalue weighted by molar-refractivity contribution is 5.89. The minimum Gasteiger partial charge on any atom is -0.363 e. The van der Waals surface area contributed by atoms with Gasteiger partial charge in [0.25, 0.3) is 5.91 Å². The minimum atomic E-state index is -0.491. The van der Waals surface area contributed by atoms with E-state index in [-0.39, 0.29) is 5.54 Å². The zero-order valence-corrected chi connectivity index (χ0v) is 7.53. The predicted octanol–water partition coefficient (Wildman–Crippen LogP) is 0.737. The van der Waals surface area contributed by atoms with Crippen LogP contribution in [0.1, 0.15) is 31.4 Å². The van der Waals surface area contributed by atoms with Crippen molar-refractivity contribution in [2.24, 2.45) is 5.73 Å². The third kappa shape index (κ3) is 1.47. The van der Waals surface area contributed by atoms with Crippen molar-refractivity contribution in [3.05, 3.63) is 18.2 Å². The third-order valence-electron chi connectivity index (χ3n) is 1.58. The van der Waals surface area contributed by atoms with Crippen LogP contribution in [0.15, 0.2) is 12.4 Å². The molecule has 12 heavy (non-hydrogen) atoms. The van der Waals surface area contributed by atoms with Gasteiger partial charge in [0.15, 0.2) is 5.82 Å². The van der Waals surface area contributed by atoms with Crippen molar-refractivity contribution in [3.63, 3.8) is 0 Å². The van der Waals surface area contributed by atoms with Gasteiger partial charge in [0.05, 0.1) is 0 Å². The molecule has 1 aromatic heterocycles. The summed E-state index contributed by atoms with van der Waals surface area (Å²) in [5.41, 5.74) is 4.98. The Morgan fingerprint density at radius 3 is 2.50 bits per heavy atom. The molecular formula is C8H13N3O. The molecule has 0 aliphatic rings. The van der Waals surface area contributed by atoms with E-state index in [9.17, 15) is 4.79 Å². The summed E-state index contributed by atoms with van der Waals surface area (Å²) in [7, 11) is 0. The summed E-state index contributed by atoms with van der Waals surface area (Å²) in [5, 5.41) is 0. The molecule has 1 heterocycles. The number of hydrogen-bond acceptors (Lipinski definition) is 2. The molecular weight excluding hydrogens is 154 g/mol. The van der Waals surface area contributed by atoms with E-state index in [1.807, 2.05) is 20.8 Å². The molecule has 0 radical (unpaired) electrons. The number of amides is 1. The van der Waals surface area contributed by atoms with Crippen LogP contribution in [-0.2, 0) is 5.54 Å². The van der Waals surface area contributed by atoms with E-state index in [1.165, 1.54) is 0 Å². The smallest absolute Gasteiger partial charge is 0.284 e. The van der Waals surface area contributed by atoms with Gasteiger partial charge in [0.1, 0.15) is 0 Å². The molecule has 0 atom stereocenters. The van der Waals surface area contributed by atoms with Crippen LogP contribution in [0.25, 0.3) is 0 Å². The molecule has 0 fully saturated rings. The van der Waals surface area contributed by atoms with Gasteiger partial charge >= 0.3 is 0 Å². The number of nitrogens with zero attached hydrogens (tertiary/aromatic N) is 2. The number of primary amides is 1. The molecule has 0 spiro atoms. The summed E-state index contributed by atoms with van der Waals surface area (Å²) >= 11 is 0. The largest absolute Gasteiger partial charge is 0.363 e. The number of imidazole rings is 1. The van der Waals surface area contributed by atoms with Crippen LogP contribution in [-0.4, -0.2) is 15.5 Å². The van der Waals surface area contributed by atoms with Crippen LogP contribution in [0.4, 0.5) is 0 Å². The summed E-state index contributed by atoms with van der Waals surface area (Å²) < 4.78 is 1.76. The Hall–Kier alpha value is -1.32. The lowest BCUT2D eigenvalue weighted by atomic mass is 10.1. The number of rotatable bonds is 1. The number of hydrogen-bond donors (Lipinski definition) is 1. The molecule has 66 valence electrons. The van der Waals surface area contributed by atoms with E-state index in [0.29, 0.717) is 5.82 Å². The summed E-state index contributed by atoms with van der Waals surface area (Å²) in [6, 6.07) is 0. The summed E-state index contributed by atoms with van der Waals surface area (Å²) in [6.07, 6.45) is 3.32. The van der Waals surface area contributed by atoms with Crippen molar-refractivity contribution < 1.29 is 4.79 Å². The Kier molecular flexibility index (Phi) is 1.92. The van der Waals surface area contributed by atoms with Crippen LogP contribution < -0.4 is 5.73 Å². The van der Waals surface area contributed by atoms with E-state index < -0.39 is 5.91 Å². The average Bonchev–Trinajstić information content (AvgIpc) is 2.30. The van der Waals surface area contributed by atoms with Crippen LogP contribution in [0.3, 0.4) is 0 Å². The summed E-state index contributed by atoms with van der Waals surface area (Å²) in [6.45, 7) is 5.96. The van der Waals surface area contributed by atoms with Crippen LogP contribution in [0.5, 0.6) is 0 Å². The van der Waals surface area contributed by atoms with Gasteiger partial charge in [-0.25, -0.2) is 4.98 Å². The molecule has 0 bridgehead atoms. The second-order valence-corrected chi connectivity index (χ2v) is 3.66. The third-order valence-corrected chi connectivity index (χ3v) is 1.58. The van der Waals surface area contributed by atoms with E-state index in [0.717, 1.165) is 0 Å². The lowest BCUT2D eigenvalue weighted by Crippen LogP contribution is -2.28. The van der Waals surface area contributed by atoms with Gasteiger partial charge in [-0.3, -0.25) is 4.79 Å². The minimum absolute atomic E-state index is 0.152. The van der Waals surface area contributed by atoms with Crippen molar-refractivity contribution >= 4 is 5.91 Å². The van der Waals surface area contributed by atoms with E-state index >= 15 is 0 Å². The van der Waals surface area contributed by atoms with Gasteiger partial charge < -0.3 is 10.3 Å². The Bertz CT molecular complexity index is 295. The molecule has 0 aromatic carbocycles. The van der Waals surface area contributed by atoms with Gasteiger partial charge in [-0.2, -0.15) is 0 Å². The molecule has 2 N–H and O–H groups in total. The number of nitrogens with two attached hydrogens (primary N) is 1. The van der Waals surface area contributed by atoms with Gasteiger partial charge in [-0.1, -0.05) is 0 Å². The fourth-order valence-electron chi connectivity index (χ4n) is 1.03. The number of carbonyl (C=O) groups excluding carboxylic acids is 1. The lowest BCUT2D eigenvalue weighted by Gasteiger charge is -2.22. The number of carbonyl (C=O) groups is 1. The highest BCUT2D eigenvalue weighted by Crippen LogP contribution is 2.15. The van der Waals surface area contributed by atoms with E-state index in [1.54, 1.807) is 17.0 Å². The molecule has 0 saturated carbocycles. The van der Waals surface area contributed by atoms with Crippen LogP contribution in [0, 0.1) is 0 Å². The zero-order valence-electron chi connectivity index (χ0n) is 7.53. The monoisotopic (exact) mass is 167 g/mol. The summed E-state index contributed by atoms with van der Waals surface area (Å²) in [5.74, 6) is -0.183. The highest BCUT2D eigenvalue weighted by Gasteiger charge is 2.18. The second kappa shape index (κ2) is 2.62. The van der Waals surface area contributed by atoms with Crippen LogP contribution in [0.2, 0.25) is 0 Å². The fourth-order valence-corrected chi connectivity index (χ4v) is 1.03. The Morgan fingerprint density at radius 1 is 1.58 bits per heavy atom. The van der Waals surface area contributed by atoms with Crippen molar-refractivity contribution in [2.45, 2.75) is 26.3 Å². The first-order valence-electron chi connectivity index (χ1n) is 3.76.